The molecular formula is C21H24N4O. The number of aryl methyl sites for hydroxylation is 2. The third-order valence-corrected chi connectivity index (χ3v) is 5.04. The molecule has 4 rings (SSSR count). The highest BCUT2D eigenvalue weighted by Crippen LogP contribution is 2.35. The van der Waals surface area contributed by atoms with Crippen LogP contribution in [0.1, 0.15) is 11.1 Å². The monoisotopic (exact) mass is 348 g/mol. The Bertz CT molecular complexity index is 1130. The van der Waals surface area contributed by atoms with Crippen LogP contribution in [0.15, 0.2) is 30.3 Å². The van der Waals surface area contributed by atoms with Gasteiger partial charge in [0.25, 0.3) is 0 Å². The van der Waals surface area contributed by atoms with Crippen LogP contribution >= 0.6 is 0 Å². The summed E-state index contributed by atoms with van der Waals surface area (Å²) in [5.41, 5.74) is 7.28. The third-order valence-electron chi connectivity index (χ3n) is 5.04. The fraction of sp³-hybridized carbons (Fsp3) is 0.333. The average molecular weight is 348 g/mol. The van der Waals surface area contributed by atoms with E-state index in [-0.39, 0.29) is 0 Å². The van der Waals surface area contributed by atoms with E-state index in [0.717, 1.165) is 51.9 Å². The van der Waals surface area contributed by atoms with Gasteiger partial charge < -0.3 is 14.2 Å². The molecule has 0 aliphatic heterocycles. The standard InChI is InChI=1S/C21H24N4O/c1-13-11-15-16(12-14(13)2)23-21-20(22-15)19-17(7-6-8-18(19)26-5)25(21)10-9-24(3)4/h6-8,11-12H,9-10H2,1-5H3. The van der Waals surface area contributed by atoms with Crippen LogP contribution in [-0.2, 0) is 6.54 Å². The van der Waals surface area contributed by atoms with Crippen molar-refractivity contribution in [3.05, 3.63) is 41.5 Å². The summed E-state index contributed by atoms with van der Waals surface area (Å²) in [5, 5.41) is 1.04. The molecule has 134 valence electrons. The van der Waals surface area contributed by atoms with Crippen LogP contribution in [0.3, 0.4) is 0 Å². The molecule has 0 fully saturated rings. The highest BCUT2D eigenvalue weighted by atomic mass is 16.5. The van der Waals surface area contributed by atoms with Crippen LogP contribution in [0.5, 0.6) is 5.75 Å². The average Bonchev–Trinajstić information content (AvgIpc) is 2.92. The highest BCUT2D eigenvalue weighted by molar-refractivity contribution is 6.09. The predicted molar refractivity (Wildman–Crippen MR) is 107 cm³/mol. The van der Waals surface area contributed by atoms with E-state index in [4.69, 9.17) is 14.7 Å². The van der Waals surface area contributed by atoms with Crippen molar-refractivity contribution in [3.8, 4) is 5.75 Å². The van der Waals surface area contributed by atoms with Gasteiger partial charge in [0.05, 0.1) is 29.0 Å². The van der Waals surface area contributed by atoms with Gasteiger partial charge in [0.2, 0.25) is 0 Å². The first-order chi connectivity index (χ1) is 12.5. The SMILES string of the molecule is COc1cccc2c1c1nc3cc(C)c(C)cc3nc1n2CCN(C)C. The molecule has 2 aromatic heterocycles. The van der Waals surface area contributed by atoms with Crippen LogP contribution in [0, 0.1) is 13.8 Å². The number of benzene rings is 2. The molecule has 0 saturated carbocycles. The Balaban J connectivity index is 2.11. The molecule has 0 N–H and O–H groups in total. The van der Waals surface area contributed by atoms with E-state index >= 15 is 0 Å². The maximum atomic E-state index is 5.64. The lowest BCUT2D eigenvalue weighted by Crippen LogP contribution is -2.18. The number of fused-ring (bicyclic) bond motifs is 4. The topological polar surface area (TPSA) is 43.2 Å². The number of hydrogen-bond donors (Lipinski definition) is 0. The van der Waals surface area contributed by atoms with Gasteiger partial charge in [-0.15, -0.1) is 0 Å². The smallest absolute Gasteiger partial charge is 0.160 e. The number of aromatic nitrogens is 3. The molecule has 4 aromatic rings. The number of hydrogen-bond acceptors (Lipinski definition) is 4. The Morgan fingerprint density at radius 2 is 1.73 bits per heavy atom. The molecular weight excluding hydrogens is 324 g/mol. The summed E-state index contributed by atoms with van der Waals surface area (Å²) in [4.78, 5) is 12.2. The van der Waals surface area contributed by atoms with Gasteiger partial charge in [-0.25, -0.2) is 9.97 Å². The molecule has 0 aliphatic carbocycles. The molecule has 0 spiro atoms. The van der Waals surface area contributed by atoms with Crippen LogP contribution in [0.4, 0.5) is 0 Å². The molecule has 2 heterocycles. The number of rotatable bonds is 4. The number of ether oxygens (including phenoxy) is 1. The van der Waals surface area contributed by atoms with E-state index in [1.807, 2.05) is 12.1 Å². The van der Waals surface area contributed by atoms with Crippen molar-refractivity contribution < 1.29 is 4.74 Å². The summed E-state index contributed by atoms with van der Waals surface area (Å²) < 4.78 is 7.90. The van der Waals surface area contributed by atoms with E-state index < -0.39 is 0 Å². The van der Waals surface area contributed by atoms with Gasteiger partial charge in [0.1, 0.15) is 11.3 Å². The van der Waals surface area contributed by atoms with Gasteiger partial charge >= 0.3 is 0 Å². The lowest BCUT2D eigenvalue weighted by Gasteiger charge is -2.12. The third kappa shape index (κ3) is 2.59. The number of likely N-dealkylation sites (N-methyl/N-ethyl adjacent to an activating group) is 1. The molecule has 0 radical (unpaired) electrons. The largest absolute Gasteiger partial charge is 0.496 e. The lowest BCUT2D eigenvalue weighted by atomic mass is 10.1. The Labute approximate surface area is 153 Å². The first-order valence-corrected chi connectivity index (χ1v) is 8.88. The highest BCUT2D eigenvalue weighted by Gasteiger charge is 2.18. The Morgan fingerprint density at radius 1 is 1.04 bits per heavy atom. The molecule has 0 atom stereocenters. The van der Waals surface area contributed by atoms with Crippen molar-refractivity contribution >= 4 is 33.1 Å². The van der Waals surface area contributed by atoms with Crippen LogP contribution in [-0.4, -0.2) is 47.2 Å². The summed E-state index contributed by atoms with van der Waals surface area (Å²) >= 11 is 0. The van der Waals surface area contributed by atoms with Crippen molar-refractivity contribution in [1.82, 2.24) is 19.4 Å². The van der Waals surface area contributed by atoms with Gasteiger partial charge in [-0.2, -0.15) is 0 Å². The molecule has 0 unspecified atom stereocenters. The van der Waals surface area contributed by atoms with E-state index in [2.05, 4.69) is 55.6 Å². The van der Waals surface area contributed by atoms with Crippen molar-refractivity contribution in [3.63, 3.8) is 0 Å². The van der Waals surface area contributed by atoms with Gasteiger partial charge in [-0.05, 0) is 63.3 Å². The molecule has 0 saturated heterocycles. The second kappa shape index (κ2) is 6.25. The van der Waals surface area contributed by atoms with E-state index in [1.54, 1.807) is 7.11 Å². The molecule has 0 aliphatic rings. The first-order valence-electron chi connectivity index (χ1n) is 8.88. The Hall–Kier alpha value is -2.66. The van der Waals surface area contributed by atoms with Gasteiger partial charge in [0.15, 0.2) is 5.65 Å². The van der Waals surface area contributed by atoms with Crippen molar-refractivity contribution in [2.24, 2.45) is 0 Å². The fourth-order valence-electron chi connectivity index (χ4n) is 3.45. The van der Waals surface area contributed by atoms with E-state index in [0.29, 0.717) is 0 Å². The molecule has 5 heteroatoms. The summed E-state index contributed by atoms with van der Waals surface area (Å²) in [7, 11) is 5.88. The summed E-state index contributed by atoms with van der Waals surface area (Å²) in [5.74, 6) is 0.841. The first kappa shape index (κ1) is 16.8. The van der Waals surface area contributed by atoms with Crippen LogP contribution in [0.2, 0.25) is 0 Å². The maximum absolute atomic E-state index is 5.64. The predicted octanol–water partition coefficient (Wildman–Crippen LogP) is 3.92. The zero-order valence-electron chi connectivity index (χ0n) is 16.0. The minimum Gasteiger partial charge on any atom is -0.496 e. The lowest BCUT2D eigenvalue weighted by molar-refractivity contribution is 0.389. The molecule has 26 heavy (non-hydrogen) atoms. The Morgan fingerprint density at radius 3 is 2.38 bits per heavy atom. The molecule has 5 nitrogen and oxygen atoms in total. The van der Waals surface area contributed by atoms with Crippen molar-refractivity contribution in [1.29, 1.82) is 0 Å². The second-order valence-electron chi connectivity index (χ2n) is 7.13. The normalized spacial score (nSPS) is 11.9. The summed E-state index contributed by atoms with van der Waals surface area (Å²) in [6.45, 7) is 6.01. The number of nitrogens with zero attached hydrogens (tertiary/aromatic N) is 4. The molecule has 0 bridgehead atoms. The van der Waals surface area contributed by atoms with Gasteiger partial charge in [0, 0.05) is 13.1 Å². The summed E-state index contributed by atoms with van der Waals surface area (Å²) in [6, 6.07) is 10.4. The van der Waals surface area contributed by atoms with Crippen molar-refractivity contribution in [2.45, 2.75) is 20.4 Å². The quantitative estimate of drug-likeness (QED) is 0.560. The zero-order valence-corrected chi connectivity index (χ0v) is 16.0. The van der Waals surface area contributed by atoms with Crippen LogP contribution in [0.25, 0.3) is 33.1 Å². The summed E-state index contributed by atoms with van der Waals surface area (Å²) in [6.07, 6.45) is 0. The van der Waals surface area contributed by atoms with Gasteiger partial charge in [-0.1, -0.05) is 6.07 Å². The van der Waals surface area contributed by atoms with Crippen LogP contribution < -0.4 is 4.74 Å². The minimum absolute atomic E-state index is 0.841. The molecule has 0 amide bonds. The second-order valence-corrected chi connectivity index (χ2v) is 7.13. The zero-order chi connectivity index (χ0) is 18.4. The fourth-order valence-corrected chi connectivity index (χ4v) is 3.45. The van der Waals surface area contributed by atoms with E-state index in [1.165, 1.54) is 11.1 Å². The van der Waals surface area contributed by atoms with E-state index in [9.17, 15) is 0 Å². The Kier molecular flexibility index (Phi) is 4.04. The maximum Gasteiger partial charge on any atom is 0.160 e. The van der Waals surface area contributed by atoms with Crippen molar-refractivity contribution in [2.75, 3.05) is 27.7 Å². The minimum atomic E-state index is 0.841. The number of methoxy groups -OCH3 is 1. The molecule has 2 aromatic carbocycles. The van der Waals surface area contributed by atoms with Gasteiger partial charge in [-0.3, -0.25) is 0 Å².